The Balaban J connectivity index is 3.27. The third-order valence-electron chi connectivity index (χ3n) is 1.55. The van der Waals surface area contributed by atoms with Gasteiger partial charge >= 0.3 is 5.97 Å². The lowest BCUT2D eigenvalue weighted by atomic mass is 10.4. The molecule has 0 unspecified atom stereocenters. The highest BCUT2D eigenvalue weighted by Crippen LogP contribution is 1.89. The van der Waals surface area contributed by atoms with Crippen molar-refractivity contribution in [3.8, 4) is 0 Å². The molecule has 0 aromatic rings. The van der Waals surface area contributed by atoms with Crippen LogP contribution >= 0.6 is 0 Å². The van der Waals surface area contributed by atoms with Gasteiger partial charge in [0.05, 0.1) is 6.10 Å². The third-order valence-corrected chi connectivity index (χ3v) is 1.55. The zero-order chi connectivity index (χ0) is 12.4. The van der Waals surface area contributed by atoms with Crippen LogP contribution in [0.1, 0.15) is 20.3 Å². The first-order valence-electron chi connectivity index (χ1n) is 5.20. The van der Waals surface area contributed by atoms with Gasteiger partial charge in [-0.2, -0.15) is 0 Å². The van der Waals surface area contributed by atoms with Gasteiger partial charge in [0.25, 0.3) is 0 Å². The Bertz CT molecular complexity index is 217. The molecule has 0 rings (SSSR count). The second kappa shape index (κ2) is 9.11. The van der Waals surface area contributed by atoms with Crippen LogP contribution in [0.3, 0.4) is 0 Å². The minimum absolute atomic E-state index is 0.189. The van der Waals surface area contributed by atoms with Crippen molar-refractivity contribution in [2.24, 2.45) is 0 Å². The molecular formula is C10H19NO5. The van der Waals surface area contributed by atoms with Crippen molar-refractivity contribution in [3.63, 3.8) is 0 Å². The highest BCUT2D eigenvalue weighted by Gasteiger charge is 2.02. The zero-order valence-corrected chi connectivity index (χ0v) is 9.69. The fourth-order valence-corrected chi connectivity index (χ4v) is 0.901. The Morgan fingerprint density at radius 3 is 2.56 bits per heavy atom. The van der Waals surface area contributed by atoms with Crippen LogP contribution in [0.2, 0.25) is 0 Å². The first kappa shape index (κ1) is 14.9. The molecule has 0 aliphatic rings. The summed E-state index contributed by atoms with van der Waals surface area (Å²) in [6.07, 6.45) is 0.914. The molecule has 0 atom stereocenters. The van der Waals surface area contributed by atoms with Gasteiger partial charge in [-0.1, -0.05) is 0 Å². The van der Waals surface area contributed by atoms with Crippen LogP contribution in [0.25, 0.3) is 0 Å². The van der Waals surface area contributed by atoms with E-state index in [0.29, 0.717) is 13.2 Å². The summed E-state index contributed by atoms with van der Waals surface area (Å²) in [5, 5.41) is 10.8. The molecule has 94 valence electrons. The lowest BCUT2D eigenvalue weighted by Crippen LogP contribution is -2.30. The fraction of sp³-hybridized carbons (Fsp3) is 0.800. The predicted molar refractivity (Wildman–Crippen MR) is 57.2 cm³/mol. The SMILES string of the molecule is CC(C)OCCCNC(=O)COCC(=O)O. The van der Waals surface area contributed by atoms with E-state index in [-0.39, 0.29) is 18.6 Å². The average Bonchev–Trinajstić information content (AvgIpc) is 2.16. The van der Waals surface area contributed by atoms with Crippen LogP contribution in [0, 0.1) is 0 Å². The molecule has 2 N–H and O–H groups in total. The van der Waals surface area contributed by atoms with Gasteiger partial charge in [0.1, 0.15) is 13.2 Å². The summed E-state index contributed by atoms with van der Waals surface area (Å²) in [4.78, 5) is 21.1. The fourth-order valence-electron chi connectivity index (χ4n) is 0.901. The summed E-state index contributed by atoms with van der Waals surface area (Å²) < 4.78 is 9.89. The average molecular weight is 233 g/mol. The van der Waals surface area contributed by atoms with Crippen molar-refractivity contribution < 1.29 is 24.2 Å². The van der Waals surface area contributed by atoms with Gasteiger partial charge in [-0.25, -0.2) is 4.79 Å². The van der Waals surface area contributed by atoms with E-state index in [1.54, 1.807) is 0 Å². The molecule has 0 radical (unpaired) electrons. The van der Waals surface area contributed by atoms with Crippen LogP contribution in [-0.4, -0.2) is 49.5 Å². The number of hydrogen-bond donors (Lipinski definition) is 2. The molecule has 0 bridgehead atoms. The van der Waals surface area contributed by atoms with E-state index in [9.17, 15) is 9.59 Å². The van der Waals surface area contributed by atoms with Gasteiger partial charge in [0, 0.05) is 13.2 Å². The van der Waals surface area contributed by atoms with Crippen LogP contribution in [0.4, 0.5) is 0 Å². The van der Waals surface area contributed by atoms with Gasteiger partial charge in [0.2, 0.25) is 5.91 Å². The van der Waals surface area contributed by atoms with Gasteiger partial charge in [0.15, 0.2) is 0 Å². The van der Waals surface area contributed by atoms with Gasteiger partial charge in [-0.3, -0.25) is 4.79 Å². The number of rotatable bonds is 9. The topological polar surface area (TPSA) is 84.9 Å². The number of nitrogens with one attached hydrogen (secondary N) is 1. The van der Waals surface area contributed by atoms with E-state index in [4.69, 9.17) is 9.84 Å². The smallest absolute Gasteiger partial charge is 0.329 e. The largest absolute Gasteiger partial charge is 0.480 e. The predicted octanol–water partition coefficient (Wildman–Crippen LogP) is 0.0189. The molecular weight excluding hydrogens is 214 g/mol. The quantitative estimate of drug-likeness (QED) is 0.548. The standard InChI is InChI=1S/C10H19NO5/c1-8(2)16-5-3-4-11-9(12)6-15-7-10(13)14/h8H,3-7H2,1-2H3,(H,11,12)(H,13,14). The summed E-state index contributed by atoms with van der Waals surface area (Å²) in [5.74, 6) is -1.40. The third kappa shape index (κ3) is 10.9. The number of carboxylic acid groups (broad SMARTS) is 1. The Hall–Kier alpha value is -1.14. The first-order valence-corrected chi connectivity index (χ1v) is 5.20. The molecule has 0 heterocycles. The minimum Gasteiger partial charge on any atom is -0.480 e. The maximum absolute atomic E-state index is 11.1. The van der Waals surface area contributed by atoms with E-state index in [0.717, 1.165) is 6.42 Å². The Labute approximate surface area is 94.9 Å². The van der Waals surface area contributed by atoms with Gasteiger partial charge in [-0.05, 0) is 20.3 Å². The molecule has 6 nitrogen and oxygen atoms in total. The molecule has 0 aromatic carbocycles. The number of carbonyl (C=O) groups excluding carboxylic acids is 1. The van der Waals surface area contributed by atoms with Crippen LogP contribution in [0.15, 0.2) is 0 Å². The van der Waals surface area contributed by atoms with Crippen molar-refractivity contribution in [3.05, 3.63) is 0 Å². The van der Waals surface area contributed by atoms with Crippen molar-refractivity contribution in [1.82, 2.24) is 5.32 Å². The number of hydrogen-bond acceptors (Lipinski definition) is 4. The lowest BCUT2D eigenvalue weighted by Gasteiger charge is -2.08. The van der Waals surface area contributed by atoms with E-state index >= 15 is 0 Å². The summed E-state index contributed by atoms with van der Waals surface area (Å²) in [5.41, 5.74) is 0. The Morgan fingerprint density at radius 1 is 1.31 bits per heavy atom. The first-order chi connectivity index (χ1) is 7.52. The number of ether oxygens (including phenoxy) is 2. The maximum Gasteiger partial charge on any atom is 0.329 e. The summed E-state index contributed by atoms with van der Waals surface area (Å²) in [6.45, 7) is 4.30. The lowest BCUT2D eigenvalue weighted by molar-refractivity contribution is -0.143. The number of amides is 1. The number of carbonyl (C=O) groups is 2. The second-order valence-electron chi connectivity index (χ2n) is 3.51. The molecule has 0 aliphatic carbocycles. The van der Waals surface area contributed by atoms with Crippen LogP contribution < -0.4 is 5.32 Å². The Morgan fingerprint density at radius 2 is 2.00 bits per heavy atom. The molecule has 0 fully saturated rings. The van der Waals surface area contributed by atoms with E-state index in [1.165, 1.54) is 0 Å². The summed E-state index contributed by atoms with van der Waals surface area (Å²) >= 11 is 0. The summed E-state index contributed by atoms with van der Waals surface area (Å²) in [7, 11) is 0. The van der Waals surface area contributed by atoms with Crippen molar-refractivity contribution in [2.45, 2.75) is 26.4 Å². The van der Waals surface area contributed by atoms with Crippen molar-refractivity contribution >= 4 is 11.9 Å². The number of carboxylic acids is 1. The summed E-state index contributed by atoms with van der Waals surface area (Å²) in [6, 6.07) is 0. The van der Waals surface area contributed by atoms with Crippen LogP contribution in [-0.2, 0) is 19.1 Å². The Kier molecular flexibility index (Phi) is 8.46. The normalized spacial score (nSPS) is 10.4. The van der Waals surface area contributed by atoms with Crippen molar-refractivity contribution in [1.29, 1.82) is 0 Å². The maximum atomic E-state index is 11.1. The second-order valence-corrected chi connectivity index (χ2v) is 3.51. The molecule has 6 heteroatoms. The van der Waals surface area contributed by atoms with Gasteiger partial charge in [-0.15, -0.1) is 0 Å². The molecule has 0 saturated carbocycles. The zero-order valence-electron chi connectivity index (χ0n) is 9.69. The van der Waals surface area contributed by atoms with Crippen molar-refractivity contribution in [2.75, 3.05) is 26.4 Å². The van der Waals surface area contributed by atoms with Crippen LogP contribution in [0.5, 0.6) is 0 Å². The molecule has 16 heavy (non-hydrogen) atoms. The van der Waals surface area contributed by atoms with E-state index in [2.05, 4.69) is 10.1 Å². The highest BCUT2D eigenvalue weighted by atomic mass is 16.5. The highest BCUT2D eigenvalue weighted by molar-refractivity contribution is 5.77. The molecule has 1 amide bonds. The number of aliphatic carboxylic acids is 1. The molecule has 0 aliphatic heterocycles. The van der Waals surface area contributed by atoms with E-state index < -0.39 is 12.6 Å². The van der Waals surface area contributed by atoms with E-state index in [1.807, 2.05) is 13.8 Å². The molecule has 0 spiro atoms. The monoisotopic (exact) mass is 233 g/mol. The molecule has 0 aromatic heterocycles. The minimum atomic E-state index is -1.09. The molecule has 0 saturated heterocycles. The van der Waals surface area contributed by atoms with Gasteiger partial charge < -0.3 is 19.9 Å².